The molecule has 0 spiro atoms. The van der Waals surface area contributed by atoms with Crippen LogP contribution in [0.1, 0.15) is 0 Å². The molecular weight excluding hydrogens is 307 g/mol. The van der Waals surface area contributed by atoms with Crippen molar-refractivity contribution in [1.29, 1.82) is 0 Å². The first-order valence-corrected chi connectivity index (χ1v) is 3.74. The van der Waals surface area contributed by atoms with Gasteiger partial charge in [0.2, 0.25) is 0 Å². The quantitative estimate of drug-likeness (QED) is 0.472. The standard InChI is InChI=1S/C6H4FO2.W/c1-5(6(8)9)3-2-4-7;/h1-3H,(H,8,9);/q-1;/b3-2-;. The van der Waals surface area contributed by atoms with Gasteiger partial charge in [0, 0.05) is 0 Å². The Morgan fingerprint density at radius 1 is 1.60 bits per heavy atom. The van der Waals surface area contributed by atoms with E-state index < -0.39 is 10.1 Å². The summed E-state index contributed by atoms with van der Waals surface area (Å²) < 4.78 is 11.5. The van der Waals surface area contributed by atoms with Crippen LogP contribution < -0.4 is 0 Å². The molecule has 0 aromatic heterocycles. The first-order chi connectivity index (χ1) is 4.54. The molecule has 0 unspecified atom stereocenters. The fourth-order valence-corrected chi connectivity index (χ4v) is 0.471. The molecule has 0 radical (unpaired) electrons. The van der Waals surface area contributed by atoms with Gasteiger partial charge in [-0.25, -0.2) is 0 Å². The van der Waals surface area contributed by atoms with Gasteiger partial charge in [-0.05, 0) is 0 Å². The predicted molar refractivity (Wildman–Crippen MR) is 30.7 cm³/mol. The van der Waals surface area contributed by atoms with Crippen molar-refractivity contribution in [2.45, 2.75) is 0 Å². The first-order valence-electron chi connectivity index (χ1n) is 2.27. The van der Waals surface area contributed by atoms with Gasteiger partial charge in [0.05, 0.1) is 0 Å². The van der Waals surface area contributed by atoms with Gasteiger partial charge in [-0.15, -0.1) is 0 Å². The number of aliphatic carboxylic acids is 1. The summed E-state index contributed by atoms with van der Waals surface area (Å²) >= 11 is 0.643. The molecular formula is C6H4FO2W-. The average molecular weight is 311 g/mol. The molecule has 2 nitrogen and oxygen atoms in total. The second-order valence-electron chi connectivity index (χ2n) is 1.40. The van der Waals surface area contributed by atoms with Crippen LogP contribution in [0.5, 0.6) is 0 Å². The van der Waals surface area contributed by atoms with Crippen LogP contribution in [0.2, 0.25) is 0 Å². The number of carbonyl (C=O) groups is 1. The van der Waals surface area contributed by atoms with E-state index in [1.54, 1.807) is 0 Å². The van der Waals surface area contributed by atoms with Crippen LogP contribution in [0.25, 0.3) is 0 Å². The minimum absolute atomic E-state index is 0.364. The molecule has 1 N–H and O–H groups in total. The van der Waals surface area contributed by atoms with Crippen molar-refractivity contribution in [3.63, 3.8) is 0 Å². The monoisotopic (exact) mass is 311 g/mol. The molecule has 0 aliphatic carbocycles. The average Bonchev–Trinajstić information content (AvgIpc) is 1.82. The summed E-state index contributed by atoms with van der Waals surface area (Å²) in [5.41, 5.74) is -0.364. The van der Waals surface area contributed by atoms with Crippen molar-refractivity contribution >= 4 is 10.1 Å². The molecule has 0 saturated heterocycles. The zero-order chi connectivity index (χ0) is 8.15. The molecule has 0 rings (SSSR count). The van der Waals surface area contributed by atoms with E-state index in [-0.39, 0.29) is 5.57 Å². The van der Waals surface area contributed by atoms with Crippen molar-refractivity contribution in [1.82, 2.24) is 0 Å². The van der Waals surface area contributed by atoms with E-state index in [1.165, 1.54) is 0 Å². The summed E-state index contributed by atoms with van der Waals surface area (Å²) in [5.74, 6) is -1.24. The van der Waals surface area contributed by atoms with Crippen LogP contribution >= 0.6 is 0 Å². The van der Waals surface area contributed by atoms with Crippen LogP contribution in [-0.4, -0.2) is 15.2 Å². The molecule has 0 amide bonds. The molecule has 0 aliphatic heterocycles. The SMILES string of the molecule is [CH-]=C(/C=C\[C](F)=[W])C(=O)O. The van der Waals surface area contributed by atoms with E-state index >= 15 is 0 Å². The molecule has 4 heteroatoms. The number of hydrogen-bond donors (Lipinski definition) is 1. The van der Waals surface area contributed by atoms with Gasteiger partial charge in [-0.2, -0.15) is 0 Å². The molecule has 0 bridgehead atoms. The third-order valence-corrected chi connectivity index (χ3v) is 1.13. The van der Waals surface area contributed by atoms with Crippen molar-refractivity contribution in [2.75, 3.05) is 0 Å². The van der Waals surface area contributed by atoms with Crippen LogP contribution in [0.4, 0.5) is 4.39 Å². The van der Waals surface area contributed by atoms with E-state index in [0.717, 1.165) is 12.2 Å². The maximum absolute atomic E-state index is 11.9. The Kier molecular flexibility index (Phi) is 4.04. The normalized spacial score (nSPS) is 9.70. The molecule has 0 aromatic carbocycles. The van der Waals surface area contributed by atoms with E-state index in [0.29, 0.717) is 19.4 Å². The molecule has 0 atom stereocenters. The van der Waals surface area contributed by atoms with Gasteiger partial charge >= 0.3 is 68.1 Å². The summed E-state index contributed by atoms with van der Waals surface area (Å²) in [6.07, 6.45) is 2.05. The third kappa shape index (κ3) is 4.33. The number of hydrogen-bond acceptors (Lipinski definition) is 1. The summed E-state index contributed by atoms with van der Waals surface area (Å²) in [5, 5.41) is 8.16. The summed E-state index contributed by atoms with van der Waals surface area (Å²) in [4.78, 5) is 9.97. The van der Waals surface area contributed by atoms with Gasteiger partial charge in [-0.1, -0.05) is 0 Å². The van der Waals surface area contributed by atoms with Gasteiger partial charge in [0.15, 0.2) is 0 Å². The van der Waals surface area contributed by atoms with Crippen LogP contribution in [0.15, 0.2) is 17.7 Å². The molecule has 10 heavy (non-hydrogen) atoms. The van der Waals surface area contributed by atoms with E-state index in [1.807, 2.05) is 0 Å². The number of carboxylic acids is 1. The van der Waals surface area contributed by atoms with Crippen LogP contribution in [-0.2, 0) is 24.1 Å². The number of allylic oxidation sites excluding steroid dienone is 1. The number of halogens is 1. The molecule has 54 valence electrons. The van der Waals surface area contributed by atoms with Crippen molar-refractivity contribution < 1.29 is 33.6 Å². The van der Waals surface area contributed by atoms with E-state index in [9.17, 15) is 9.18 Å². The van der Waals surface area contributed by atoms with Gasteiger partial charge in [-0.3, -0.25) is 0 Å². The Balaban J connectivity index is 4.03. The first kappa shape index (κ1) is 9.44. The predicted octanol–water partition coefficient (Wildman–Crippen LogP) is 0.633. The summed E-state index contributed by atoms with van der Waals surface area (Å²) in [6.45, 7) is 4.92. The van der Waals surface area contributed by atoms with Crippen molar-refractivity contribution in [2.24, 2.45) is 0 Å². The molecule has 0 aliphatic rings. The topological polar surface area (TPSA) is 37.3 Å². The molecule has 0 heterocycles. The zero-order valence-electron chi connectivity index (χ0n) is 4.87. The Morgan fingerprint density at radius 3 is 2.40 bits per heavy atom. The van der Waals surface area contributed by atoms with Gasteiger partial charge in [0.25, 0.3) is 0 Å². The molecule has 0 fully saturated rings. The van der Waals surface area contributed by atoms with Crippen LogP contribution in [0, 0.1) is 6.58 Å². The van der Waals surface area contributed by atoms with Gasteiger partial charge in [0.1, 0.15) is 0 Å². The fraction of sp³-hybridized carbons (Fsp3) is 0. The molecule has 0 saturated carbocycles. The third-order valence-electron chi connectivity index (χ3n) is 0.641. The van der Waals surface area contributed by atoms with Gasteiger partial charge < -0.3 is 0 Å². The summed E-state index contributed by atoms with van der Waals surface area (Å²) in [7, 11) is 0. The Bertz CT molecular complexity index is 208. The Morgan fingerprint density at radius 2 is 2.10 bits per heavy atom. The molecule has 0 aromatic rings. The second kappa shape index (κ2) is 4.28. The maximum atomic E-state index is 11.9. The Hall–Kier alpha value is -0.562. The van der Waals surface area contributed by atoms with E-state index in [4.69, 9.17) is 11.7 Å². The number of carboxylic acid groups (broad SMARTS) is 1. The van der Waals surface area contributed by atoms with Crippen molar-refractivity contribution in [3.8, 4) is 0 Å². The van der Waals surface area contributed by atoms with Crippen molar-refractivity contribution in [3.05, 3.63) is 24.3 Å². The summed E-state index contributed by atoms with van der Waals surface area (Å²) in [6, 6.07) is 0. The Labute approximate surface area is 68.5 Å². The minimum atomic E-state index is -1.24. The van der Waals surface area contributed by atoms with Crippen LogP contribution in [0.3, 0.4) is 0 Å². The second-order valence-corrected chi connectivity index (χ2v) is 2.80. The zero-order valence-corrected chi connectivity index (χ0v) is 7.81. The number of rotatable bonds is 3. The fourth-order valence-electron chi connectivity index (χ4n) is 0.227. The van der Waals surface area contributed by atoms with E-state index in [2.05, 4.69) is 0 Å².